The summed E-state index contributed by atoms with van der Waals surface area (Å²) in [6, 6.07) is 20.2. The maximum atomic E-state index is 12.1. The third-order valence-corrected chi connectivity index (χ3v) is 3.45. The summed E-state index contributed by atoms with van der Waals surface area (Å²) in [5.41, 5.74) is 1.32. The Kier molecular flexibility index (Phi) is 4.34. The van der Waals surface area contributed by atoms with Gasteiger partial charge in [-0.1, -0.05) is 36.4 Å². The lowest BCUT2D eigenvalue weighted by Gasteiger charge is -2.10. The van der Waals surface area contributed by atoms with E-state index >= 15 is 0 Å². The summed E-state index contributed by atoms with van der Waals surface area (Å²) >= 11 is 0. The first-order chi connectivity index (χ1) is 11.3. The molecule has 0 aliphatic heterocycles. The van der Waals surface area contributed by atoms with Crippen molar-refractivity contribution >= 4 is 28.7 Å². The second kappa shape index (κ2) is 6.75. The molecule has 0 aromatic heterocycles. The van der Waals surface area contributed by atoms with Gasteiger partial charge in [-0.2, -0.15) is 0 Å². The molecule has 3 aromatic rings. The second-order valence-corrected chi connectivity index (χ2v) is 5.05. The van der Waals surface area contributed by atoms with E-state index < -0.39 is 0 Å². The highest BCUT2D eigenvalue weighted by Crippen LogP contribution is 2.22. The Morgan fingerprint density at radius 2 is 1.70 bits per heavy atom. The first kappa shape index (κ1) is 14.8. The van der Waals surface area contributed by atoms with Crippen LogP contribution in [-0.4, -0.2) is 18.8 Å². The van der Waals surface area contributed by atoms with Crippen LogP contribution >= 0.6 is 0 Å². The van der Waals surface area contributed by atoms with E-state index in [9.17, 15) is 9.59 Å². The number of benzene rings is 3. The molecule has 0 heterocycles. The van der Waals surface area contributed by atoms with Crippen LogP contribution in [0.1, 0.15) is 10.4 Å². The summed E-state index contributed by atoms with van der Waals surface area (Å²) in [6.07, 6.45) is 0.761. The number of anilines is 1. The Morgan fingerprint density at radius 3 is 2.48 bits per heavy atom. The maximum absolute atomic E-state index is 12.1. The van der Waals surface area contributed by atoms with E-state index in [1.807, 2.05) is 42.5 Å². The molecule has 23 heavy (non-hydrogen) atoms. The van der Waals surface area contributed by atoms with Gasteiger partial charge in [-0.25, -0.2) is 0 Å². The van der Waals surface area contributed by atoms with Crippen LogP contribution in [0.15, 0.2) is 66.7 Å². The van der Waals surface area contributed by atoms with Gasteiger partial charge >= 0.3 is 0 Å². The minimum Gasteiger partial charge on any atom is -0.484 e. The lowest BCUT2D eigenvalue weighted by Crippen LogP contribution is -2.20. The highest BCUT2D eigenvalue weighted by atomic mass is 16.5. The summed E-state index contributed by atoms with van der Waals surface area (Å²) in [5, 5.41) is 4.91. The van der Waals surface area contributed by atoms with Gasteiger partial charge in [0, 0.05) is 16.6 Å². The van der Waals surface area contributed by atoms with Crippen LogP contribution in [0.25, 0.3) is 10.8 Å². The maximum Gasteiger partial charge on any atom is 0.262 e. The third kappa shape index (κ3) is 3.55. The summed E-state index contributed by atoms with van der Waals surface area (Å²) in [5.74, 6) is 0.310. The Hall–Kier alpha value is -3.14. The molecule has 0 bridgehead atoms. The highest BCUT2D eigenvalue weighted by Gasteiger charge is 2.06. The molecular weight excluding hydrogens is 290 g/mol. The molecule has 114 valence electrons. The first-order valence-corrected chi connectivity index (χ1v) is 7.22. The van der Waals surface area contributed by atoms with Crippen molar-refractivity contribution in [3.05, 3.63) is 72.3 Å². The zero-order valence-corrected chi connectivity index (χ0v) is 12.4. The lowest BCUT2D eigenvalue weighted by molar-refractivity contribution is -0.118. The fourth-order valence-corrected chi connectivity index (χ4v) is 2.31. The molecule has 0 saturated heterocycles. The largest absolute Gasteiger partial charge is 0.484 e. The van der Waals surface area contributed by atoms with E-state index in [1.54, 1.807) is 24.3 Å². The van der Waals surface area contributed by atoms with Gasteiger partial charge in [-0.15, -0.1) is 0 Å². The Morgan fingerprint density at radius 1 is 0.957 bits per heavy atom. The van der Waals surface area contributed by atoms with E-state index in [2.05, 4.69) is 5.32 Å². The molecule has 3 aromatic carbocycles. The zero-order chi connectivity index (χ0) is 16.1. The van der Waals surface area contributed by atoms with Crippen LogP contribution in [0.2, 0.25) is 0 Å². The van der Waals surface area contributed by atoms with Crippen LogP contribution in [0.5, 0.6) is 5.75 Å². The van der Waals surface area contributed by atoms with Gasteiger partial charge in [0.15, 0.2) is 6.61 Å². The molecule has 4 heteroatoms. The number of amides is 1. The number of aldehydes is 1. The normalized spacial score (nSPS) is 10.3. The summed E-state index contributed by atoms with van der Waals surface area (Å²) in [7, 11) is 0. The molecule has 0 saturated carbocycles. The zero-order valence-electron chi connectivity index (χ0n) is 12.4. The fourth-order valence-electron chi connectivity index (χ4n) is 2.31. The van der Waals surface area contributed by atoms with Gasteiger partial charge in [-0.3, -0.25) is 9.59 Å². The van der Waals surface area contributed by atoms with Crippen LogP contribution in [0.4, 0.5) is 5.69 Å². The fraction of sp³-hybridized carbons (Fsp3) is 0.0526. The van der Waals surface area contributed by atoms with Crippen molar-refractivity contribution in [3.63, 3.8) is 0 Å². The number of carbonyl (C=O) groups excluding carboxylic acids is 2. The average molecular weight is 305 g/mol. The topological polar surface area (TPSA) is 55.4 Å². The van der Waals surface area contributed by atoms with Crippen LogP contribution in [-0.2, 0) is 4.79 Å². The van der Waals surface area contributed by atoms with Crippen molar-refractivity contribution in [2.75, 3.05) is 11.9 Å². The summed E-state index contributed by atoms with van der Waals surface area (Å²) in [4.78, 5) is 22.6. The van der Waals surface area contributed by atoms with Gasteiger partial charge < -0.3 is 10.1 Å². The van der Waals surface area contributed by atoms with Gasteiger partial charge in [0.1, 0.15) is 12.0 Å². The lowest BCUT2D eigenvalue weighted by atomic mass is 10.1. The molecule has 0 aliphatic rings. The predicted molar refractivity (Wildman–Crippen MR) is 89.9 cm³/mol. The van der Waals surface area contributed by atoms with Crippen molar-refractivity contribution in [2.24, 2.45) is 0 Å². The number of hydrogen-bond acceptors (Lipinski definition) is 3. The molecule has 0 fully saturated rings. The van der Waals surface area contributed by atoms with Crippen LogP contribution < -0.4 is 10.1 Å². The minimum absolute atomic E-state index is 0.0936. The standard InChI is InChI=1S/C19H15NO3/c21-12-14-8-10-16(11-9-14)23-13-19(22)20-18-7-3-5-15-4-1-2-6-17(15)18/h1-12H,13H2,(H,20,22). The van der Waals surface area contributed by atoms with Crippen molar-refractivity contribution < 1.29 is 14.3 Å². The Labute approximate surface area is 133 Å². The summed E-state index contributed by atoms with van der Waals surface area (Å²) in [6.45, 7) is -0.0936. The second-order valence-electron chi connectivity index (χ2n) is 5.05. The number of nitrogens with one attached hydrogen (secondary N) is 1. The molecule has 0 aliphatic carbocycles. The first-order valence-electron chi connectivity index (χ1n) is 7.22. The number of ether oxygens (including phenoxy) is 1. The number of carbonyl (C=O) groups is 2. The molecule has 0 unspecified atom stereocenters. The van der Waals surface area contributed by atoms with Crippen LogP contribution in [0, 0.1) is 0 Å². The Balaban J connectivity index is 1.65. The molecule has 3 rings (SSSR count). The van der Waals surface area contributed by atoms with E-state index in [-0.39, 0.29) is 12.5 Å². The molecular formula is C19H15NO3. The smallest absolute Gasteiger partial charge is 0.262 e. The summed E-state index contributed by atoms with van der Waals surface area (Å²) < 4.78 is 5.42. The predicted octanol–water partition coefficient (Wildman–Crippen LogP) is 3.67. The highest BCUT2D eigenvalue weighted by molar-refractivity contribution is 6.02. The number of rotatable bonds is 5. The SMILES string of the molecule is O=Cc1ccc(OCC(=O)Nc2cccc3ccccc23)cc1. The third-order valence-electron chi connectivity index (χ3n) is 3.45. The van der Waals surface area contributed by atoms with Crippen molar-refractivity contribution in [3.8, 4) is 5.75 Å². The van der Waals surface area contributed by atoms with E-state index in [1.165, 1.54) is 0 Å². The molecule has 0 atom stereocenters. The average Bonchev–Trinajstić information content (AvgIpc) is 2.61. The monoisotopic (exact) mass is 305 g/mol. The molecule has 0 radical (unpaired) electrons. The minimum atomic E-state index is -0.235. The van der Waals surface area contributed by atoms with Crippen molar-refractivity contribution in [2.45, 2.75) is 0 Å². The van der Waals surface area contributed by atoms with Crippen molar-refractivity contribution in [1.82, 2.24) is 0 Å². The van der Waals surface area contributed by atoms with Crippen molar-refractivity contribution in [1.29, 1.82) is 0 Å². The van der Waals surface area contributed by atoms with Gasteiger partial charge in [0.2, 0.25) is 0 Å². The number of hydrogen-bond donors (Lipinski definition) is 1. The number of fused-ring (bicyclic) bond motifs is 1. The van der Waals surface area contributed by atoms with Gasteiger partial charge in [0.25, 0.3) is 5.91 Å². The van der Waals surface area contributed by atoms with Crippen LogP contribution in [0.3, 0.4) is 0 Å². The van der Waals surface area contributed by atoms with E-state index in [0.717, 1.165) is 22.7 Å². The molecule has 4 nitrogen and oxygen atoms in total. The van der Waals surface area contributed by atoms with Gasteiger partial charge in [0.05, 0.1) is 0 Å². The molecule has 1 N–H and O–H groups in total. The van der Waals surface area contributed by atoms with Gasteiger partial charge in [-0.05, 0) is 35.7 Å². The van der Waals surface area contributed by atoms with E-state index in [0.29, 0.717) is 11.3 Å². The quantitative estimate of drug-likeness (QED) is 0.732. The molecule has 0 spiro atoms. The van der Waals surface area contributed by atoms with E-state index in [4.69, 9.17) is 4.74 Å². The molecule has 1 amide bonds. The Bertz CT molecular complexity index is 835.